The fourth-order valence-corrected chi connectivity index (χ4v) is 1.66. The van der Waals surface area contributed by atoms with Gasteiger partial charge in [-0.05, 0) is 12.8 Å². The first-order valence-electron chi connectivity index (χ1n) is 4.71. The average Bonchev–Trinajstić information content (AvgIpc) is 2.75. The lowest BCUT2D eigenvalue weighted by Gasteiger charge is -2.09. The van der Waals surface area contributed by atoms with Crippen molar-refractivity contribution in [1.29, 1.82) is 0 Å². The number of nitrogen functional groups attached to an aromatic ring is 1. The molecule has 2 aliphatic rings. The fourth-order valence-electron chi connectivity index (χ4n) is 1.66. The van der Waals surface area contributed by atoms with Crippen LogP contribution in [0.4, 0.5) is 5.82 Å². The molecule has 14 heavy (non-hydrogen) atoms. The van der Waals surface area contributed by atoms with Gasteiger partial charge in [-0.2, -0.15) is 0 Å². The van der Waals surface area contributed by atoms with Crippen molar-refractivity contribution in [2.24, 2.45) is 5.73 Å². The number of fused-ring (bicyclic) bond motifs is 1. The number of nitrogens with two attached hydrogens (primary N) is 2. The molecule has 1 aromatic heterocycles. The summed E-state index contributed by atoms with van der Waals surface area (Å²) in [6.07, 6.45) is 1.90. The average molecular weight is 192 g/mol. The molecule has 5 nitrogen and oxygen atoms in total. The SMILES string of the molecule is Nc1nc(C2(N)CC2)nc2c1COC2. The van der Waals surface area contributed by atoms with Crippen molar-refractivity contribution in [3.05, 3.63) is 17.1 Å². The summed E-state index contributed by atoms with van der Waals surface area (Å²) in [7, 11) is 0. The molecule has 1 aliphatic carbocycles. The predicted octanol–water partition coefficient (Wildman–Crippen LogP) is 0.0368. The number of aromatic nitrogens is 2. The Kier molecular flexibility index (Phi) is 1.41. The van der Waals surface area contributed by atoms with Crippen LogP contribution in [0.5, 0.6) is 0 Å². The molecule has 0 unspecified atom stereocenters. The van der Waals surface area contributed by atoms with Crippen molar-refractivity contribution in [2.75, 3.05) is 5.73 Å². The molecule has 4 N–H and O–H groups in total. The van der Waals surface area contributed by atoms with E-state index in [2.05, 4.69) is 9.97 Å². The summed E-state index contributed by atoms with van der Waals surface area (Å²) in [5.41, 5.74) is 13.3. The maximum atomic E-state index is 6.01. The van der Waals surface area contributed by atoms with Crippen molar-refractivity contribution < 1.29 is 4.74 Å². The first kappa shape index (κ1) is 8.14. The highest BCUT2D eigenvalue weighted by Crippen LogP contribution is 2.41. The van der Waals surface area contributed by atoms with Gasteiger partial charge in [0.1, 0.15) is 5.82 Å². The minimum absolute atomic E-state index is 0.314. The summed E-state index contributed by atoms with van der Waals surface area (Å²) in [5, 5.41) is 0. The molecule has 1 aromatic rings. The summed E-state index contributed by atoms with van der Waals surface area (Å²) >= 11 is 0. The van der Waals surface area contributed by atoms with Gasteiger partial charge < -0.3 is 16.2 Å². The standard InChI is InChI=1S/C9H12N4O/c10-7-5-3-14-4-6(5)12-8(13-7)9(11)1-2-9/h1-4,11H2,(H2,10,12,13). The second kappa shape index (κ2) is 2.43. The van der Waals surface area contributed by atoms with Gasteiger partial charge in [-0.3, -0.25) is 0 Å². The van der Waals surface area contributed by atoms with E-state index in [1.807, 2.05) is 0 Å². The number of hydrogen-bond donors (Lipinski definition) is 2. The monoisotopic (exact) mass is 192 g/mol. The maximum Gasteiger partial charge on any atom is 0.150 e. The van der Waals surface area contributed by atoms with E-state index in [1.54, 1.807) is 0 Å². The molecular formula is C9H12N4O. The van der Waals surface area contributed by atoms with E-state index in [-0.39, 0.29) is 5.54 Å². The van der Waals surface area contributed by atoms with Crippen LogP contribution in [0.3, 0.4) is 0 Å². The van der Waals surface area contributed by atoms with Crippen molar-refractivity contribution in [1.82, 2.24) is 9.97 Å². The first-order valence-corrected chi connectivity index (χ1v) is 4.71. The van der Waals surface area contributed by atoms with Gasteiger partial charge in [-0.25, -0.2) is 9.97 Å². The van der Waals surface area contributed by atoms with Crippen molar-refractivity contribution in [3.63, 3.8) is 0 Å². The first-order chi connectivity index (χ1) is 6.69. The quantitative estimate of drug-likeness (QED) is 0.655. The van der Waals surface area contributed by atoms with E-state index < -0.39 is 0 Å². The highest BCUT2D eigenvalue weighted by atomic mass is 16.5. The van der Waals surface area contributed by atoms with Crippen LogP contribution in [-0.2, 0) is 23.5 Å². The van der Waals surface area contributed by atoms with Crippen molar-refractivity contribution in [2.45, 2.75) is 31.6 Å². The molecule has 1 aliphatic heterocycles. The third-order valence-corrected chi connectivity index (χ3v) is 2.84. The zero-order chi connectivity index (χ0) is 9.76. The number of ether oxygens (including phenoxy) is 1. The van der Waals surface area contributed by atoms with Crippen molar-refractivity contribution >= 4 is 5.82 Å². The molecule has 1 saturated carbocycles. The van der Waals surface area contributed by atoms with Crippen LogP contribution in [0.2, 0.25) is 0 Å². The van der Waals surface area contributed by atoms with Gasteiger partial charge in [0.05, 0.1) is 24.4 Å². The zero-order valence-electron chi connectivity index (χ0n) is 7.79. The summed E-state index contributed by atoms with van der Waals surface area (Å²) in [5.74, 6) is 1.21. The molecule has 0 atom stereocenters. The summed E-state index contributed by atoms with van der Waals surface area (Å²) in [4.78, 5) is 8.65. The minimum atomic E-state index is -0.314. The molecule has 3 rings (SSSR count). The van der Waals surface area contributed by atoms with Gasteiger partial charge in [0.25, 0.3) is 0 Å². The Hall–Kier alpha value is -1.20. The second-order valence-corrected chi connectivity index (χ2v) is 4.01. The van der Waals surface area contributed by atoms with Gasteiger partial charge in [0, 0.05) is 5.56 Å². The van der Waals surface area contributed by atoms with E-state index in [0.29, 0.717) is 24.9 Å². The number of nitrogens with zero attached hydrogens (tertiary/aromatic N) is 2. The van der Waals surface area contributed by atoms with Gasteiger partial charge in [-0.15, -0.1) is 0 Å². The summed E-state index contributed by atoms with van der Waals surface area (Å²) in [6.45, 7) is 1.06. The molecule has 0 bridgehead atoms. The van der Waals surface area contributed by atoms with Crippen LogP contribution in [0.25, 0.3) is 0 Å². The third-order valence-electron chi connectivity index (χ3n) is 2.84. The molecule has 1 fully saturated rings. The molecule has 0 spiro atoms. The molecule has 0 amide bonds. The van der Waals surface area contributed by atoms with Crippen LogP contribution >= 0.6 is 0 Å². The lowest BCUT2D eigenvalue weighted by Crippen LogP contribution is -2.23. The second-order valence-electron chi connectivity index (χ2n) is 4.01. The van der Waals surface area contributed by atoms with Gasteiger partial charge in [0.2, 0.25) is 0 Å². The Morgan fingerprint density at radius 1 is 1.21 bits per heavy atom. The number of anilines is 1. The Morgan fingerprint density at radius 2 is 2.00 bits per heavy atom. The predicted molar refractivity (Wildman–Crippen MR) is 50.0 cm³/mol. The van der Waals surface area contributed by atoms with Crippen LogP contribution in [0, 0.1) is 0 Å². The van der Waals surface area contributed by atoms with Crippen LogP contribution < -0.4 is 11.5 Å². The van der Waals surface area contributed by atoms with Gasteiger partial charge in [0.15, 0.2) is 5.82 Å². The summed E-state index contributed by atoms with van der Waals surface area (Å²) < 4.78 is 5.26. The lowest BCUT2D eigenvalue weighted by atomic mass is 10.2. The Labute approximate surface area is 81.5 Å². The normalized spacial score (nSPS) is 22.1. The molecule has 0 saturated heterocycles. The smallest absolute Gasteiger partial charge is 0.150 e. The Bertz CT molecular complexity index is 400. The lowest BCUT2D eigenvalue weighted by molar-refractivity contribution is 0.133. The van der Waals surface area contributed by atoms with Crippen molar-refractivity contribution in [3.8, 4) is 0 Å². The van der Waals surface area contributed by atoms with E-state index in [0.717, 1.165) is 24.1 Å². The Balaban J connectivity index is 2.12. The highest BCUT2D eigenvalue weighted by molar-refractivity contribution is 5.44. The van der Waals surface area contributed by atoms with Gasteiger partial charge in [-0.1, -0.05) is 0 Å². The zero-order valence-corrected chi connectivity index (χ0v) is 7.79. The van der Waals surface area contributed by atoms with E-state index >= 15 is 0 Å². The largest absolute Gasteiger partial charge is 0.383 e. The topological polar surface area (TPSA) is 87.0 Å². The summed E-state index contributed by atoms with van der Waals surface area (Å²) in [6, 6.07) is 0. The van der Waals surface area contributed by atoms with Gasteiger partial charge >= 0.3 is 0 Å². The Morgan fingerprint density at radius 3 is 2.71 bits per heavy atom. The van der Waals surface area contributed by atoms with Crippen LogP contribution in [0.15, 0.2) is 0 Å². The maximum absolute atomic E-state index is 6.01. The van der Waals surface area contributed by atoms with E-state index in [1.165, 1.54) is 0 Å². The van der Waals surface area contributed by atoms with E-state index in [9.17, 15) is 0 Å². The molecule has 0 aromatic carbocycles. The molecular weight excluding hydrogens is 180 g/mol. The van der Waals surface area contributed by atoms with E-state index in [4.69, 9.17) is 16.2 Å². The molecule has 0 radical (unpaired) electrons. The van der Waals surface area contributed by atoms with Crippen LogP contribution in [0.1, 0.15) is 29.9 Å². The van der Waals surface area contributed by atoms with Crippen LogP contribution in [-0.4, -0.2) is 9.97 Å². The minimum Gasteiger partial charge on any atom is -0.383 e. The number of hydrogen-bond acceptors (Lipinski definition) is 5. The number of rotatable bonds is 1. The molecule has 5 heteroatoms. The highest BCUT2D eigenvalue weighted by Gasteiger charge is 2.43. The third kappa shape index (κ3) is 1.03. The fraction of sp³-hybridized carbons (Fsp3) is 0.556. The molecule has 74 valence electrons. The molecule has 2 heterocycles.